The normalized spacial score (nSPS) is 14.0. The number of amides is 1. The van der Waals surface area contributed by atoms with Gasteiger partial charge in [-0.1, -0.05) is 24.3 Å². The Kier molecular flexibility index (Phi) is 6.71. The van der Waals surface area contributed by atoms with Gasteiger partial charge in [-0.25, -0.2) is 0 Å². The van der Waals surface area contributed by atoms with Crippen LogP contribution in [0, 0.1) is 6.92 Å². The monoisotopic (exact) mass is 360 g/mol. The first-order valence-electron chi connectivity index (χ1n) is 8.52. The van der Waals surface area contributed by atoms with Gasteiger partial charge in [0.2, 0.25) is 0 Å². The summed E-state index contributed by atoms with van der Waals surface area (Å²) in [7, 11) is 0. The summed E-state index contributed by atoms with van der Waals surface area (Å²) in [4.78, 5) is 12.4. The predicted molar refractivity (Wildman–Crippen MR) is 103 cm³/mol. The second-order valence-corrected chi connectivity index (χ2v) is 6.39. The average molecular weight is 361 g/mol. The molecule has 1 saturated carbocycles. The first kappa shape index (κ1) is 19.1. The van der Waals surface area contributed by atoms with Gasteiger partial charge in [0, 0.05) is 23.4 Å². The number of hydrogen-bond donors (Lipinski definition) is 2. The van der Waals surface area contributed by atoms with Crippen molar-refractivity contribution >= 4 is 24.0 Å². The minimum absolute atomic E-state index is 0. The minimum atomic E-state index is -0.115. The van der Waals surface area contributed by atoms with Crippen molar-refractivity contribution in [2.75, 3.05) is 5.73 Å². The zero-order valence-electron chi connectivity index (χ0n) is 14.5. The van der Waals surface area contributed by atoms with Gasteiger partial charge in [0.15, 0.2) is 0 Å². The molecule has 0 spiro atoms. The van der Waals surface area contributed by atoms with E-state index in [4.69, 9.17) is 10.5 Å². The highest BCUT2D eigenvalue weighted by molar-refractivity contribution is 5.96. The molecule has 1 amide bonds. The third-order valence-corrected chi connectivity index (χ3v) is 4.51. The summed E-state index contributed by atoms with van der Waals surface area (Å²) < 4.78 is 6.12. The maximum absolute atomic E-state index is 12.4. The molecule has 3 rings (SSSR count). The van der Waals surface area contributed by atoms with E-state index in [9.17, 15) is 4.79 Å². The van der Waals surface area contributed by atoms with Gasteiger partial charge >= 0.3 is 0 Å². The summed E-state index contributed by atoms with van der Waals surface area (Å²) >= 11 is 0. The van der Waals surface area contributed by atoms with Crippen LogP contribution in [-0.4, -0.2) is 12.0 Å². The molecule has 2 aromatic rings. The van der Waals surface area contributed by atoms with Gasteiger partial charge in [-0.2, -0.15) is 0 Å². The first-order chi connectivity index (χ1) is 11.6. The molecule has 0 aliphatic heterocycles. The molecule has 3 N–H and O–H groups in total. The molecule has 1 aliphatic carbocycles. The van der Waals surface area contributed by atoms with Gasteiger partial charge in [-0.05, 0) is 56.4 Å². The van der Waals surface area contributed by atoms with Crippen LogP contribution in [0.1, 0.15) is 47.2 Å². The zero-order chi connectivity index (χ0) is 16.9. The van der Waals surface area contributed by atoms with Crippen molar-refractivity contribution in [1.82, 2.24) is 5.32 Å². The Morgan fingerprint density at radius 2 is 1.92 bits per heavy atom. The van der Waals surface area contributed by atoms with Gasteiger partial charge in [-0.3, -0.25) is 4.79 Å². The molecule has 25 heavy (non-hydrogen) atoms. The van der Waals surface area contributed by atoms with E-state index in [1.165, 1.54) is 12.8 Å². The maximum atomic E-state index is 12.4. The summed E-state index contributed by atoms with van der Waals surface area (Å²) in [5.41, 5.74) is 8.91. The van der Waals surface area contributed by atoms with Crippen molar-refractivity contribution in [2.24, 2.45) is 0 Å². The molecule has 4 nitrogen and oxygen atoms in total. The van der Waals surface area contributed by atoms with Gasteiger partial charge in [-0.15, -0.1) is 12.4 Å². The lowest BCUT2D eigenvalue weighted by Gasteiger charge is -2.17. The predicted octanol–water partition coefficient (Wildman–Crippen LogP) is 4.25. The van der Waals surface area contributed by atoms with Crippen molar-refractivity contribution < 1.29 is 9.53 Å². The maximum Gasteiger partial charge on any atom is 0.251 e. The van der Waals surface area contributed by atoms with Gasteiger partial charge in [0.05, 0.1) is 6.10 Å². The molecule has 0 radical (unpaired) electrons. The second kappa shape index (κ2) is 8.77. The molecular formula is C20H25ClN2O2. The number of nitrogens with two attached hydrogens (primary N) is 1. The largest absolute Gasteiger partial charge is 0.490 e. The molecule has 0 bridgehead atoms. The quantitative estimate of drug-likeness (QED) is 0.783. The summed E-state index contributed by atoms with van der Waals surface area (Å²) in [6, 6.07) is 13.3. The number of nitrogens with one attached hydrogen (secondary N) is 1. The molecule has 134 valence electrons. The molecule has 0 heterocycles. The lowest BCUT2D eigenvalue weighted by Crippen LogP contribution is -2.24. The summed E-state index contributed by atoms with van der Waals surface area (Å²) in [5, 5.41) is 2.97. The molecule has 0 unspecified atom stereocenters. The number of rotatable bonds is 5. The third kappa shape index (κ3) is 4.89. The highest BCUT2D eigenvalue weighted by Crippen LogP contribution is 2.26. The number of ether oxygens (including phenoxy) is 1. The second-order valence-electron chi connectivity index (χ2n) is 6.39. The van der Waals surface area contributed by atoms with Crippen molar-refractivity contribution in [2.45, 2.75) is 45.3 Å². The molecule has 0 atom stereocenters. The number of hydrogen-bond acceptors (Lipinski definition) is 3. The van der Waals surface area contributed by atoms with Crippen molar-refractivity contribution in [3.63, 3.8) is 0 Å². The highest BCUT2D eigenvalue weighted by atomic mass is 35.5. The Hall–Kier alpha value is -2.20. The van der Waals surface area contributed by atoms with Crippen LogP contribution in [0.4, 0.5) is 5.69 Å². The van der Waals surface area contributed by atoms with E-state index >= 15 is 0 Å². The van der Waals surface area contributed by atoms with E-state index in [-0.39, 0.29) is 18.3 Å². The van der Waals surface area contributed by atoms with Crippen LogP contribution < -0.4 is 15.8 Å². The van der Waals surface area contributed by atoms with Crippen molar-refractivity contribution in [3.8, 4) is 5.75 Å². The fourth-order valence-electron chi connectivity index (χ4n) is 3.11. The number of para-hydroxylation sites is 1. The summed E-state index contributed by atoms with van der Waals surface area (Å²) in [6.45, 7) is 2.35. The van der Waals surface area contributed by atoms with Gasteiger partial charge < -0.3 is 15.8 Å². The smallest absolute Gasteiger partial charge is 0.251 e. The Morgan fingerprint density at radius 3 is 2.68 bits per heavy atom. The van der Waals surface area contributed by atoms with Gasteiger partial charge in [0.25, 0.3) is 5.91 Å². The number of halogens is 1. The molecule has 5 heteroatoms. The van der Waals surface area contributed by atoms with E-state index in [1.807, 2.05) is 37.3 Å². The number of nitrogen functional groups attached to an aromatic ring is 1. The summed E-state index contributed by atoms with van der Waals surface area (Å²) in [5.74, 6) is 0.754. The Morgan fingerprint density at radius 1 is 1.20 bits per heavy atom. The number of aryl methyl sites for hydroxylation is 1. The number of benzene rings is 2. The van der Waals surface area contributed by atoms with Crippen LogP contribution in [0.15, 0.2) is 42.5 Å². The summed E-state index contributed by atoms with van der Waals surface area (Å²) in [6.07, 6.45) is 5.00. The van der Waals surface area contributed by atoms with Crippen molar-refractivity contribution in [1.29, 1.82) is 0 Å². The lowest BCUT2D eigenvalue weighted by atomic mass is 10.1. The number of carbonyl (C=O) groups excluding carboxylic acids is 1. The number of anilines is 1. The van der Waals surface area contributed by atoms with E-state index in [2.05, 4.69) is 5.32 Å². The average Bonchev–Trinajstić information content (AvgIpc) is 3.09. The van der Waals surface area contributed by atoms with Crippen LogP contribution in [0.25, 0.3) is 0 Å². The Bertz CT molecular complexity index is 727. The SMILES string of the molecule is Cc1ccc(N)cc1C(=O)NCc1ccccc1OC1CCCC1.Cl. The minimum Gasteiger partial charge on any atom is -0.490 e. The van der Waals surface area contributed by atoms with Crippen LogP contribution in [-0.2, 0) is 6.54 Å². The van der Waals surface area contributed by atoms with Crippen LogP contribution in [0.3, 0.4) is 0 Å². The van der Waals surface area contributed by atoms with Crippen LogP contribution in [0.5, 0.6) is 5.75 Å². The first-order valence-corrected chi connectivity index (χ1v) is 8.52. The molecule has 2 aromatic carbocycles. The topological polar surface area (TPSA) is 64.4 Å². The molecule has 0 saturated heterocycles. The molecular weight excluding hydrogens is 336 g/mol. The zero-order valence-corrected chi connectivity index (χ0v) is 15.3. The number of carbonyl (C=O) groups is 1. The molecule has 1 fully saturated rings. The fourth-order valence-corrected chi connectivity index (χ4v) is 3.11. The van der Waals surface area contributed by atoms with Crippen LogP contribution >= 0.6 is 12.4 Å². The third-order valence-electron chi connectivity index (χ3n) is 4.51. The van der Waals surface area contributed by atoms with E-state index < -0.39 is 0 Å². The Labute approximate surface area is 155 Å². The lowest BCUT2D eigenvalue weighted by molar-refractivity contribution is 0.0950. The van der Waals surface area contributed by atoms with Crippen molar-refractivity contribution in [3.05, 3.63) is 59.2 Å². The van der Waals surface area contributed by atoms with Gasteiger partial charge in [0.1, 0.15) is 5.75 Å². The molecule has 1 aliphatic rings. The van der Waals surface area contributed by atoms with E-state index in [1.54, 1.807) is 12.1 Å². The Balaban J connectivity index is 0.00000225. The standard InChI is InChI=1S/C20H24N2O2.ClH/c1-14-10-11-16(21)12-18(14)20(23)22-13-15-6-2-5-9-19(15)24-17-7-3-4-8-17;/h2,5-6,9-12,17H,3-4,7-8,13,21H2,1H3,(H,22,23);1H. The van der Waals surface area contributed by atoms with E-state index in [0.29, 0.717) is 23.9 Å². The highest BCUT2D eigenvalue weighted by Gasteiger charge is 2.18. The fraction of sp³-hybridized carbons (Fsp3) is 0.350. The molecule has 0 aromatic heterocycles. The van der Waals surface area contributed by atoms with E-state index in [0.717, 1.165) is 29.7 Å². The van der Waals surface area contributed by atoms with Crippen LogP contribution in [0.2, 0.25) is 0 Å².